The van der Waals surface area contributed by atoms with Crippen LogP contribution >= 0.6 is 0 Å². The van der Waals surface area contributed by atoms with Gasteiger partial charge in [0.1, 0.15) is 0 Å². The lowest BCUT2D eigenvalue weighted by Crippen LogP contribution is -2.26. The Hall–Kier alpha value is -1.22. The summed E-state index contributed by atoms with van der Waals surface area (Å²) in [5, 5.41) is 10.7. The summed E-state index contributed by atoms with van der Waals surface area (Å²) in [4.78, 5) is 24.2. The van der Waals surface area contributed by atoms with Crippen molar-refractivity contribution in [1.82, 2.24) is 0 Å². The summed E-state index contributed by atoms with van der Waals surface area (Å²) in [6, 6.07) is 0. The maximum absolute atomic E-state index is 12.1. The molecule has 0 aromatic rings. The van der Waals surface area contributed by atoms with Crippen molar-refractivity contribution in [3.63, 3.8) is 0 Å². The lowest BCUT2D eigenvalue weighted by atomic mass is 9.83. The SMILES string of the molecule is CC1=CC(=O)C(CCC(C)(O)CC[C@H](C)CCCC(C)C)=C(C)C1=O. The molecular weight excluding hydrogens is 312 g/mol. The summed E-state index contributed by atoms with van der Waals surface area (Å²) >= 11 is 0. The van der Waals surface area contributed by atoms with E-state index < -0.39 is 5.60 Å². The normalized spacial score (nSPS) is 19.3. The number of aliphatic hydroxyl groups is 1. The number of Topliss-reactive ketones (excluding diaryl/α,β-unsaturated/α-hetero) is 1. The van der Waals surface area contributed by atoms with Crippen LogP contribution in [0.2, 0.25) is 0 Å². The summed E-state index contributed by atoms with van der Waals surface area (Å²) in [6.45, 7) is 12.0. The van der Waals surface area contributed by atoms with Crippen LogP contribution in [0, 0.1) is 11.8 Å². The van der Waals surface area contributed by atoms with Crippen LogP contribution in [0.15, 0.2) is 22.8 Å². The topological polar surface area (TPSA) is 54.4 Å². The molecule has 0 heterocycles. The van der Waals surface area contributed by atoms with Crippen LogP contribution in [0.5, 0.6) is 0 Å². The smallest absolute Gasteiger partial charge is 0.184 e. The first-order valence-electron chi connectivity index (χ1n) is 9.73. The number of allylic oxidation sites excluding steroid dienone is 4. The van der Waals surface area contributed by atoms with Gasteiger partial charge in [0, 0.05) is 16.7 Å². The summed E-state index contributed by atoms with van der Waals surface area (Å²) in [7, 11) is 0. The van der Waals surface area contributed by atoms with E-state index in [9.17, 15) is 14.7 Å². The van der Waals surface area contributed by atoms with E-state index in [1.165, 1.54) is 25.3 Å². The van der Waals surface area contributed by atoms with E-state index >= 15 is 0 Å². The molecule has 0 bridgehead atoms. The largest absolute Gasteiger partial charge is 0.390 e. The number of hydrogen-bond acceptors (Lipinski definition) is 3. The van der Waals surface area contributed by atoms with Crippen LogP contribution in [0.1, 0.15) is 86.5 Å². The van der Waals surface area contributed by atoms with Gasteiger partial charge in [-0.1, -0.05) is 40.0 Å². The van der Waals surface area contributed by atoms with Gasteiger partial charge in [0.15, 0.2) is 11.6 Å². The van der Waals surface area contributed by atoms with E-state index in [0.717, 1.165) is 18.8 Å². The minimum Gasteiger partial charge on any atom is -0.390 e. The number of carbonyl (C=O) groups is 2. The first kappa shape index (κ1) is 21.8. The highest BCUT2D eigenvalue weighted by molar-refractivity contribution is 6.22. The molecule has 0 aromatic carbocycles. The average molecular weight is 349 g/mol. The Morgan fingerprint density at radius 3 is 2.28 bits per heavy atom. The second-order valence-electron chi connectivity index (χ2n) is 8.59. The molecule has 0 aromatic heterocycles. The lowest BCUT2D eigenvalue weighted by molar-refractivity contribution is -0.116. The van der Waals surface area contributed by atoms with Crippen molar-refractivity contribution < 1.29 is 14.7 Å². The molecule has 0 aliphatic heterocycles. The van der Waals surface area contributed by atoms with Gasteiger partial charge in [-0.05, 0) is 64.4 Å². The molecule has 25 heavy (non-hydrogen) atoms. The zero-order valence-corrected chi connectivity index (χ0v) is 16.9. The third-order valence-electron chi connectivity index (χ3n) is 5.36. The molecule has 3 heteroatoms. The standard InChI is InChI=1S/C22H36O3/c1-15(2)8-7-9-16(3)10-12-22(6,25)13-11-19-18(5)21(24)17(4)14-20(19)23/h14-16,25H,7-13H2,1-6H3/t16-,22?/m1/s1. The predicted octanol–water partition coefficient (Wildman–Crippen LogP) is 5.17. The van der Waals surface area contributed by atoms with Crippen LogP contribution < -0.4 is 0 Å². The Balaban J connectivity index is 2.47. The monoisotopic (exact) mass is 348 g/mol. The Bertz CT molecular complexity index is 550. The van der Waals surface area contributed by atoms with Gasteiger partial charge in [-0.15, -0.1) is 0 Å². The minimum atomic E-state index is -0.793. The highest BCUT2D eigenvalue weighted by Crippen LogP contribution is 2.29. The minimum absolute atomic E-state index is 0.0481. The van der Waals surface area contributed by atoms with Crippen molar-refractivity contribution in [3.05, 3.63) is 22.8 Å². The second kappa shape index (κ2) is 9.47. The Kier molecular flexibility index (Phi) is 8.27. The zero-order valence-electron chi connectivity index (χ0n) is 16.9. The molecule has 1 aliphatic rings. The van der Waals surface area contributed by atoms with E-state index in [0.29, 0.717) is 35.5 Å². The summed E-state index contributed by atoms with van der Waals surface area (Å²) in [6.07, 6.45) is 7.85. The van der Waals surface area contributed by atoms with Gasteiger partial charge in [0.05, 0.1) is 5.60 Å². The molecule has 2 atom stereocenters. The quantitative estimate of drug-likeness (QED) is 0.554. The third kappa shape index (κ3) is 7.27. The Morgan fingerprint density at radius 2 is 1.68 bits per heavy atom. The molecule has 1 unspecified atom stereocenters. The lowest BCUT2D eigenvalue weighted by Gasteiger charge is -2.26. The molecule has 3 nitrogen and oxygen atoms in total. The highest BCUT2D eigenvalue weighted by atomic mass is 16.3. The maximum atomic E-state index is 12.1. The van der Waals surface area contributed by atoms with Crippen LogP contribution in [-0.4, -0.2) is 22.3 Å². The van der Waals surface area contributed by atoms with Gasteiger partial charge in [0.25, 0.3) is 0 Å². The fourth-order valence-corrected chi connectivity index (χ4v) is 3.37. The highest BCUT2D eigenvalue weighted by Gasteiger charge is 2.27. The van der Waals surface area contributed by atoms with Crippen molar-refractivity contribution >= 4 is 11.6 Å². The molecular formula is C22H36O3. The van der Waals surface area contributed by atoms with E-state index in [4.69, 9.17) is 0 Å². The maximum Gasteiger partial charge on any atom is 0.184 e. The van der Waals surface area contributed by atoms with Gasteiger partial charge in [-0.25, -0.2) is 0 Å². The first-order chi connectivity index (χ1) is 11.5. The fraction of sp³-hybridized carbons (Fsp3) is 0.727. The number of carbonyl (C=O) groups excluding carboxylic acids is 2. The van der Waals surface area contributed by atoms with E-state index in [1.54, 1.807) is 13.8 Å². The van der Waals surface area contributed by atoms with Crippen molar-refractivity contribution in [1.29, 1.82) is 0 Å². The van der Waals surface area contributed by atoms with Crippen molar-refractivity contribution in [2.24, 2.45) is 11.8 Å². The Morgan fingerprint density at radius 1 is 1.04 bits per heavy atom. The first-order valence-corrected chi connectivity index (χ1v) is 9.73. The molecule has 0 amide bonds. The van der Waals surface area contributed by atoms with Gasteiger partial charge in [-0.2, -0.15) is 0 Å². The number of ketones is 2. The van der Waals surface area contributed by atoms with E-state index in [1.807, 2.05) is 6.92 Å². The molecule has 142 valence electrons. The number of hydrogen-bond donors (Lipinski definition) is 1. The molecule has 0 spiro atoms. The van der Waals surface area contributed by atoms with Crippen LogP contribution in [-0.2, 0) is 9.59 Å². The summed E-state index contributed by atoms with van der Waals surface area (Å²) in [5.74, 6) is 1.23. The third-order valence-corrected chi connectivity index (χ3v) is 5.36. The summed E-state index contributed by atoms with van der Waals surface area (Å²) < 4.78 is 0. The van der Waals surface area contributed by atoms with E-state index in [-0.39, 0.29) is 11.6 Å². The van der Waals surface area contributed by atoms with Gasteiger partial charge in [-0.3, -0.25) is 9.59 Å². The Labute approximate surface area is 153 Å². The van der Waals surface area contributed by atoms with Gasteiger partial charge >= 0.3 is 0 Å². The van der Waals surface area contributed by atoms with Gasteiger partial charge in [0.2, 0.25) is 0 Å². The molecule has 0 saturated carbocycles. The van der Waals surface area contributed by atoms with Crippen molar-refractivity contribution in [2.45, 2.75) is 92.1 Å². The van der Waals surface area contributed by atoms with Crippen LogP contribution in [0.3, 0.4) is 0 Å². The van der Waals surface area contributed by atoms with Crippen molar-refractivity contribution in [3.8, 4) is 0 Å². The summed E-state index contributed by atoms with van der Waals surface area (Å²) in [5.41, 5.74) is 0.830. The zero-order chi connectivity index (χ0) is 19.2. The van der Waals surface area contributed by atoms with E-state index in [2.05, 4.69) is 20.8 Å². The number of rotatable bonds is 10. The van der Waals surface area contributed by atoms with Crippen LogP contribution in [0.4, 0.5) is 0 Å². The fourth-order valence-electron chi connectivity index (χ4n) is 3.37. The van der Waals surface area contributed by atoms with Crippen molar-refractivity contribution in [2.75, 3.05) is 0 Å². The predicted molar refractivity (Wildman–Crippen MR) is 103 cm³/mol. The molecule has 1 N–H and O–H groups in total. The molecule has 1 rings (SSSR count). The molecule has 0 radical (unpaired) electrons. The second-order valence-corrected chi connectivity index (χ2v) is 8.59. The van der Waals surface area contributed by atoms with Gasteiger partial charge < -0.3 is 5.11 Å². The molecule has 0 saturated heterocycles. The molecule has 0 fully saturated rings. The average Bonchev–Trinajstić information content (AvgIpc) is 2.50. The van der Waals surface area contributed by atoms with Crippen LogP contribution in [0.25, 0.3) is 0 Å². The molecule has 1 aliphatic carbocycles.